The first-order valence-electron chi connectivity index (χ1n) is 2.67. The Kier molecular flexibility index (Phi) is 36.6. The van der Waals surface area contributed by atoms with Crippen molar-refractivity contribution in [3.63, 3.8) is 0 Å². The van der Waals surface area contributed by atoms with Crippen LogP contribution in [0, 0.1) is 0 Å². The molecule has 6 heteroatoms. The van der Waals surface area contributed by atoms with Gasteiger partial charge in [-0.2, -0.15) is 0 Å². The summed E-state index contributed by atoms with van der Waals surface area (Å²) >= 11 is 0. The Morgan fingerprint density at radius 3 is 0.900 bits per heavy atom. The third-order valence-electron chi connectivity index (χ3n) is 0. The summed E-state index contributed by atoms with van der Waals surface area (Å²) in [6.07, 6.45) is 0. The molecule has 0 unspecified atom stereocenters. The molecule has 0 amide bonds. The maximum Gasteiger partial charge on any atom is 2.00 e. The average molecular weight is 275 g/mol. The van der Waals surface area contributed by atoms with Gasteiger partial charge in [0.1, 0.15) is 0 Å². The molecule has 2 radical (unpaired) electrons. The quantitative estimate of drug-likeness (QED) is 0.362. The first-order valence-corrected chi connectivity index (χ1v) is 4.00. The van der Waals surface area contributed by atoms with E-state index in [4.69, 9.17) is 17.5 Å². The van der Waals surface area contributed by atoms with E-state index in [1.807, 2.05) is 27.7 Å². The van der Waals surface area contributed by atoms with Crippen molar-refractivity contribution in [2.45, 2.75) is 27.7 Å². The van der Waals surface area contributed by atoms with Gasteiger partial charge >= 0.3 is 23.9 Å². The van der Waals surface area contributed by atoms with Crippen molar-refractivity contribution in [1.82, 2.24) is 0 Å². The minimum atomic E-state index is -5.17. The van der Waals surface area contributed by atoms with Crippen LogP contribution in [0.25, 0.3) is 0 Å². The first-order chi connectivity index (χ1) is 4.00. The molecule has 4 nitrogen and oxygen atoms in total. The van der Waals surface area contributed by atoms with Crippen LogP contribution in [0.5, 0.6) is 0 Å². The van der Waals surface area contributed by atoms with Crippen molar-refractivity contribution in [3.8, 4) is 0 Å². The van der Waals surface area contributed by atoms with Crippen molar-refractivity contribution in [1.29, 1.82) is 0 Å². The summed E-state index contributed by atoms with van der Waals surface area (Å²) in [5, 5.41) is 0. The van der Waals surface area contributed by atoms with Crippen LogP contribution in [0.2, 0.25) is 0 Å². The number of hydrogen-bond acceptors (Lipinski definition) is 4. The molecular weight excluding hydrogens is 263 g/mol. The summed E-state index contributed by atoms with van der Waals surface area (Å²) < 4.78 is 34.1. The Hall–Kier alpha value is 0.669. The van der Waals surface area contributed by atoms with Crippen molar-refractivity contribution in [2.75, 3.05) is 0 Å². The molecular formula is C4H12O4SSn. The van der Waals surface area contributed by atoms with Gasteiger partial charge in [-0.25, -0.2) is 0 Å². The fraction of sp³-hybridized carbons (Fsp3) is 1.00. The summed E-state index contributed by atoms with van der Waals surface area (Å²) in [5.74, 6) is 0. The number of hydrogen-bond donors (Lipinski definition) is 0. The first kappa shape index (κ1) is 22.4. The van der Waals surface area contributed by atoms with Crippen LogP contribution in [0.15, 0.2) is 0 Å². The number of rotatable bonds is 0. The second-order valence-electron chi connectivity index (χ2n) is 0.408. The Labute approximate surface area is 79.6 Å². The molecule has 0 aliphatic carbocycles. The third-order valence-corrected chi connectivity index (χ3v) is 0. The second kappa shape index (κ2) is 16.3. The van der Waals surface area contributed by atoms with Crippen LogP contribution in [-0.4, -0.2) is 41.4 Å². The minimum absolute atomic E-state index is 0. The van der Waals surface area contributed by atoms with Gasteiger partial charge in [0.25, 0.3) is 0 Å². The molecule has 10 heavy (non-hydrogen) atoms. The fourth-order valence-electron chi connectivity index (χ4n) is 0. The van der Waals surface area contributed by atoms with E-state index < -0.39 is 10.4 Å². The largest absolute Gasteiger partial charge is 2.00 e. The van der Waals surface area contributed by atoms with E-state index in [-0.39, 0.29) is 23.9 Å². The standard InChI is InChI=1S/2C2H6.H2O4S.Sn/c2*1-2;1-5(2,3)4;/h2*1-2H3;(H2,1,2,3,4);/q;;;+2/p-2. The zero-order valence-electron chi connectivity index (χ0n) is 6.54. The molecule has 0 N–H and O–H groups in total. The van der Waals surface area contributed by atoms with Gasteiger partial charge in [-0.05, 0) is 0 Å². The Bertz CT molecular complexity index is 100. The molecule has 0 aliphatic rings. The summed E-state index contributed by atoms with van der Waals surface area (Å²) in [6.45, 7) is 8.00. The molecule has 0 bridgehead atoms. The van der Waals surface area contributed by atoms with E-state index in [0.29, 0.717) is 0 Å². The van der Waals surface area contributed by atoms with E-state index in [1.54, 1.807) is 0 Å². The Morgan fingerprint density at radius 2 is 0.900 bits per heavy atom. The summed E-state index contributed by atoms with van der Waals surface area (Å²) in [4.78, 5) is 0. The van der Waals surface area contributed by atoms with Gasteiger partial charge < -0.3 is 9.11 Å². The van der Waals surface area contributed by atoms with Crippen LogP contribution in [0.4, 0.5) is 0 Å². The van der Waals surface area contributed by atoms with Gasteiger partial charge in [-0.3, -0.25) is 8.42 Å². The third kappa shape index (κ3) is 1140. The molecule has 0 aromatic carbocycles. The van der Waals surface area contributed by atoms with Gasteiger partial charge in [0.2, 0.25) is 0 Å². The summed E-state index contributed by atoms with van der Waals surface area (Å²) in [7, 11) is -5.17. The smallest absolute Gasteiger partial charge is 0.759 e. The van der Waals surface area contributed by atoms with E-state index in [1.165, 1.54) is 0 Å². The van der Waals surface area contributed by atoms with Crippen molar-refractivity contribution < 1.29 is 17.5 Å². The maximum absolute atomic E-state index is 8.52. The maximum atomic E-state index is 8.52. The molecule has 0 aliphatic heterocycles. The Morgan fingerprint density at radius 1 is 0.900 bits per heavy atom. The van der Waals surface area contributed by atoms with Crippen LogP contribution < -0.4 is 0 Å². The Balaban J connectivity index is -0.0000000315. The van der Waals surface area contributed by atoms with Gasteiger partial charge in [-0.1, -0.05) is 27.7 Å². The SMILES string of the molecule is CC.CC.O=S(=O)([O-])[O-].[Sn+2]. The molecule has 0 saturated heterocycles. The van der Waals surface area contributed by atoms with Gasteiger partial charge in [0, 0.05) is 10.4 Å². The molecule has 0 heterocycles. The zero-order chi connectivity index (χ0) is 8.50. The van der Waals surface area contributed by atoms with Gasteiger partial charge in [-0.15, -0.1) is 0 Å². The normalized spacial score (nSPS) is 7.00. The predicted molar refractivity (Wildman–Crippen MR) is 38.9 cm³/mol. The van der Waals surface area contributed by atoms with E-state index in [9.17, 15) is 0 Å². The second-order valence-corrected chi connectivity index (χ2v) is 1.22. The van der Waals surface area contributed by atoms with Crippen LogP contribution in [0.3, 0.4) is 0 Å². The van der Waals surface area contributed by atoms with E-state index >= 15 is 0 Å². The minimum Gasteiger partial charge on any atom is -0.759 e. The molecule has 0 atom stereocenters. The van der Waals surface area contributed by atoms with Crippen molar-refractivity contribution in [2.24, 2.45) is 0 Å². The predicted octanol–water partition coefficient (Wildman–Crippen LogP) is 0.334. The summed E-state index contributed by atoms with van der Waals surface area (Å²) in [5.41, 5.74) is 0. The monoisotopic (exact) mass is 276 g/mol. The summed E-state index contributed by atoms with van der Waals surface area (Å²) in [6, 6.07) is 0. The van der Waals surface area contributed by atoms with Gasteiger partial charge in [0.15, 0.2) is 0 Å². The molecule has 0 spiro atoms. The van der Waals surface area contributed by atoms with Crippen LogP contribution >= 0.6 is 0 Å². The van der Waals surface area contributed by atoms with E-state index in [2.05, 4.69) is 0 Å². The molecule has 0 saturated carbocycles. The zero-order valence-corrected chi connectivity index (χ0v) is 10.2. The topological polar surface area (TPSA) is 80.3 Å². The molecule has 0 rings (SSSR count). The van der Waals surface area contributed by atoms with Crippen molar-refractivity contribution >= 4 is 34.3 Å². The molecule has 0 aromatic rings. The molecule has 62 valence electrons. The van der Waals surface area contributed by atoms with Crippen LogP contribution in [0.1, 0.15) is 27.7 Å². The average Bonchev–Trinajstić information content (AvgIpc) is 1.72. The fourth-order valence-corrected chi connectivity index (χ4v) is 0. The molecule has 0 fully saturated rings. The van der Waals surface area contributed by atoms with E-state index in [0.717, 1.165) is 0 Å². The molecule has 0 aromatic heterocycles. The van der Waals surface area contributed by atoms with Gasteiger partial charge in [0.05, 0.1) is 0 Å². The van der Waals surface area contributed by atoms with Crippen molar-refractivity contribution in [3.05, 3.63) is 0 Å². The van der Waals surface area contributed by atoms with Crippen LogP contribution in [-0.2, 0) is 10.4 Å².